The number of aromatic nitrogens is 6. The third-order valence-electron chi connectivity index (χ3n) is 20.0. The number of aryl methyl sites for hydroxylation is 3. The van der Waals surface area contributed by atoms with Gasteiger partial charge in [0.1, 0.15) is 56.8 Å². The highest BCUT2D eigenvalue weighted by Crippen LogP contribution is 2.29. The van der Waals surface area contributed by atoms with Crippen LogP contribution in [0.1, 0.15) is 269 Å². The van der Waals surface area contributed by atoms with Crippen molar-refractivity contribution in [3.8, 4) is 0 Å². The first kappa shape index (κ1) is 95.3. The minimum Gasteiger partial charge on any atom is -0.374 e. The lowest BCUT2D eigenvalue weighted by Crippen LogP contribution is -2.45. The van der Waals surface area contributed by atoms with Crippen LogP contribution >= 0.6 is 0 Å². The van der Waals surface area contributed by atoms with Crippen molar-refractivity contribution in [2.45, 2.75) is 314 Å². The molecule has 0 fully saturated rings. The summed E-state index contributed by atoms with van der Waals surface area (Å²) >= 11 is 0. The normalized spacial score (nSPS) is 12.0. The van der Waals surface area contributed by atoms with Crippen molar-refractivity contribution in [1.29, 1.82) is 0 Å². The number of benzene rings is 1. The zero-order valence-electron chi connectivity index (χ0n) is 69.8. The topological polar surface area (TPSA) is 233 Å². The second kappa shape index (κ2) is 58.8. The number of nitrogens with one attached hydrogen (secondary N) is 6. The maximum absolute atomic E-state index is 12.7. The van der Waals surface area contributed by atoms with E-state index < -0.39 is 26.4 Å². The van der Waals surface area contributed by atoms with Crippen LogP contribution in [0.2, 0.25) is 18.1 Å². The van der Waals surface area contributed by atoms with Gasteiger partial charge in [0, 0.05) is 153 Å². The first-order chi connectivity index (χ1) is 52.6. The fourth-order valence-corrected chi connectivity index (χ4v) is 22.5. The van der Waals surface area contributed by atoms with Crippen LogP contribution in [0, 0.1) is 20.8 Å². The zero-order chi connectivity index (χ0) is 78.2. The van der Waals surface area contributed by atoms with Crippen molar-refractivity contribution in [2.24, 2.45) is 0 Å². The Hall–Kier alpha value is -5.05. The zero-order valence-corrected chi connectivity index (χ0v) is 72.8. The highest BCUT2D eigenvalue weighted by molar-refractivity contribution is 6.61. The standard InChI is InChI=1S/C81H150N12O12Si3/c1-13-97-106(98-14-2,99-15-3)64-43-37-31-25-22-28-34-40-49-82-79(94)85-52-46-55-88-58-61-91(70-88)67-76-73(10)77(68-92-62-59-89(71-92)56-47-53-86-80(95)83-50-41-35-29-23-26-32-38-44-65-107(100-16-4,101-17-5)102-18-6)75(12)78(74(76)11)69-93-63-60-90(72-93)57-48-54-87-81(96)84-51-42-36-30-24-27-33-39-45-66-108(103-19-7,104-20-8)105-21-9/h58-63,70-72H,13-57,64-69H2,1-12H3,(H3-3,82,83,84,85,86,87,94,95,96)/p+3. The molecule has 3 aromatic heterocycles. The Morgan fingerprint density at radius 3 is 0.676 bits per heavy atom. The number of rotatable bonds is 69. The van der Waals surface area contributed by atoms with E-state index >= 15 is 0 Å². The number of carbonyl (C=O) groups excluding carboxylic acids is 3. The third-order valence-corrected chi connectivity index (χ3v) is 29.4. The van der Waals surface area contributed by atoms with Gasteiger partial charge in [0.2, 0.25) is 19.0 Å². The molecule has 0 bridgehead atoms. The summed E-state index contributed by atoms with van der Waals surface area (Å²) in [5.74, 6) is 0. The highest BCUT2D eigenvalue weighted by Gasteiger charge is 2.41. The molecular formula is C81H153N12O12Si3+3. The SMILES string of the molecule is CCO[Si](CCCCCCCCCCNC(=O)NCCCn1cc[n+](Cc2c(C)c(C[n+]3ccn(CCCNC(=O)NCCCCCCCCCC[Si](OCC)(OCC)OCC)c3)c(C)c(C[n+]3ccn(CCCNC(=O)NCCCCCCCCCC[Si](OCC)(OCC)OCC)c3)c2C)c1)(OCC)OCC. The molecule has 0 aliphatic rings. The second-order valence-corrected chi connectivity index (χ2v) is 36.8. The van der Waals surface area contributed by atoms with Gasteiger partial charge in [-0.2, -0.15) is 0 Å². The van der Waals surface area contributed by atoms with E-state index in [1.807, 2.05) is 62.3 Å². The van der Waals surface area contributed by atoms with E-state index in [-0.39, 0.29) is 18.1 Å². The average molecular weight is 1570 g/mol. The van der Waals surface area contributed by atoms with Crippen molar-refractivity contribution in [3.05, 3.63) is 89.5 Å². The molecule has 6 N–H and O–H groups in total. The van der Waals surface area contributed by atoms with E-state index in [1.54, 1.807) is 0 Å². The van der Waals surface area contributed by atoms with Gasteiger partial charge in [-0.05, 0) is 138 Å². The molecule has 0 atom stereocenters. The predicted octanol–water partition coefficient (Wildman–Crippen LogP) is 14.6. The van der Waals surface area contributed by atoms with Crippen molar-refractivity contribution < 1.29 is 67.9 Å². The summed E-state index contributed by atoms with van der Waals surface area (Å²) < 4.78 is 67.6. The first-order valence-corrected chi connectivity index (χ1v) is 48.4. The van der Waals surface area contributed by atoms with E-state index in [2.05, 4.69) is 136 Å². The van der Waals surface area contributed by atoms with Crippen molar-refractivity contribution in [1.82, 2.24) is 45.6 Å². The van der Waals surface area contributed by atoms with Crippen LogP contribution in [0.25, 0.3) is 0 Å². The number of amides is 6. The Morgan fingerprint density at radius 1 is 0.287 bits per heavy atom. The lowest BCUT2D eigenvalue weighted by molar-refractivity contribution is -0.690. The van der Waals surface area contributed by atoms with Crippen LogP contribution in [0.5, 0.6) is 0 Å². The molecule has 27 heteroatoms. The average Bonchev–Trinajstić information content (AvgIpc) is 0.843. The molecule has 0 unspecified atom stereocenters. The monoisotopic (exact) mass is 1570 g/mol. The van der Waals surface area contributed by atoms with Crippen LogP contribution in [0.3, 0.4) is 0 Å². The van der Waals surface area contributed by atoms with E-state index in [1.165, 1.54) is 110 Å². The Bertz CT molecular complexity index is 2600. The minimum absolute atomic E-state index is 0.0998. The van der Waals surface area contributed by atoms with Crippen molar-refractivity contribution in [3.63, 3.8) is 0 Å². The van der Waals surface area contributed by atoms with E-state index in [0.29, 0.717) is 98.7 Å². The van der Waals surface area contributed by atoms with Crippen LogP contribution in [0.4, 0.5) is 14.4 Å². The summed E-state index contributed by atoms with van der Waals surface area (Å²) in [4.78, 5) is 38.2. The molecular weight excluding hydrogens is 1420 g/mol. The molecule has 108 heavy (non-hydrogen) atoms. The highest BCUT2D eigenvalue weighted by atomic mass is 28.4. The van der Waals surface area contributed by atoms with Gasteiger partial charge >= 0.3 is 44.5 Å². The van der Waals surface area contributed by atoms with Crippen molar-refractivity contribution >= 4 is 44.5 Å². The van der Waals surface area contributed by atoms with Crippen LogP contribution in [0.15, 0.2) is 56.2 Å². The molecule has 0 aliphatic carbocycles. The number of carbonyl (C=O) groups is 3. The number of unbranched alkanes of at least 4 members (excludes halogenated alkanes) is 21. The largest absolute Gasteiger partial charge is 0.500 e. The maximum Gasteiger partial charge on any atom is 0.500 e. The molecule has 4 aromatic rings. The van der Waals surface area contributed by atoms with E-state index in [9.17, 15) is 14.4 Å². The first-order valence-electron chi connectivity index (χ1n) is 42.6. The van der Waals surface area contributed by atoms with Gasteiger partial charge in [-0.15, -0.1) is 0 Å². The van der Waals surface area contributed by atoms with Gasteiger partial charge in [0.05, 0.1) is 19.6 Å². The number of hydrogen-bond donors (Lipinski definition) is 6. The summed E-state index contributed by atoms with van der Waals surface area (Å²) in [7, 11) is -7.64. The van der Waals surface area contributed by atoms with Crippen molar-refractivity contribution in [2.75, 3.05) is 98.7 Å². The molecule has 618 valence electrons. The molecule has 0 aliphatic heterocycles. The molecule has 4 rings (SSSR count). The lowest BCUT2D eigenvalue weighted by atomic mass is 9.87. The van der Waals surface area contributed by atoms with Crippen LogP contribution in [-0.4, -0.2) is 157 Å². The fraction of sp³-hybridized carbons (Fsp3) is 0.778. The fourth-order valence-electron chi connectivity index (χ4n) is 14.4. The number of urea groups is 3. The molecule has 3 heterocycles. The summed E-state index contributed by atoms with van der Waals surface area (Å²) in [5, 5.41) is 18.4. The Kier molecular flexibility index (Phi) is 51.9. The summed E-state index contributed by atoms with van der Waals surface area (Å²) in [6.45, 7) is 38.9. The molecule has 1 aromatic carbocycles. The van der Waals surface area contributed by atoms with Gasteiger partial charge in [0.15, 0.2) is 0 Å². The summed E-state index contributed by atoms with van der Waals surface area (Å²) in [6, 6.07) is 2.36. The van der Waals surface area contributed by atoms with Gasteiger partial charge < -0.3 is 71.7 Å². The number of hydrogen-bond acceptors (Lipinski definition) is 12. The number of nitrogens with zero attached hydrogens (tertiary/aromatic N) is 6. The lowest BCUT2D eigenvalue weighted by Gasteiger charge is -2.28. The Morgan fingerprint density at radius 2 is 0.472 bits per heavy atom. The molecule has 24 nitrogen and oxygen atoms in total. The predicted molar refractivity (Wildman–Crippen MR) is 437 cm³/mol. The summed E-state index contributed by atoms with van der Waals surface area (Å²) in [5.41, 5.74) is 7.82. The van der Waals surface area contributed by atoms with Crippen LogP contribution < -0.4 is 45.6 Å². The van der Waals surface area contributed by atoms with Crippen LogP contribution in [-0.2, 0) is 79.1 Å². The van der Waals surface area contributed by atoms with Gasteiger partial charge in [-0.25, -0.2) is 41.8 Å². The van der Waals surface area contributed by atoms with E-state index in [0.717, 1.165) is 154 Å². The molecule has 0 saturated carbocycles. The Labute approximate surface area is 656 Å². The molecule has 0 saturated heterocycles. The Balaban J connectivity index is 1.24. The van der Waals surface area contributed by atoms with Gasteiger partial charge in [-0.1, -0.05) is 116 Å². The third kappa shape index (κ3) is 39.4. The smallest absolute Gasteiger partial charge is 0.374 e. The van der Waals surface area contributed by atoms with E-state index in [4.69, 9.17) is 39.8 Å². The second-order valence-electron chi connectivity index (χ2n) is 28.6. The molecule has 0 radical (unpaired) electrons. The summed E-state index contributed by atoms with van der Waals surface area (Å²) in [6.07, 6.45) is 49.4. The maximum atomic E-state index is 12.7. The van der Waals surface area contributed by atoms with Gasteiger partial charge in [-0.3, -0.25) is 0 Å². The molecule has 6 amide bonds. The minimum atomic E-state index is -2.55. The molecule has 0 spiro atoms. The van der Waals surface area contributed by atoms with Gasteiger partial charge in [0.25, 0.3) is 0 Å². The quantitative estimate of drug-likeness (QED) is 0.0138. The number of imidazole rings is 3.